The lowest BCUT2D eigenvalue weighted by Crippen LogP contribution is -2.03. The van der Waals surface area contributed by atoms with Gasteiger partial charge < -0.3 is 9.47 Å². The largest absolute Gasteiger partial charge is 0.494 e. The second-order valence-electron chi connectivity index (χ2n) is 5.02. The van der Waals surface area contributed by atoms with Crippen LogP contribution in [0.3, 0.4) is 0 Å². The Morgan fingerprint density at radius 1 is 1.17 bits per heavy atom. The Labute approximate surface area is 141 Å². The third kappa shape index (κ3) is 5.25. The molecule has 0 N–H and O–H groups in total. The molecule has 0 unspecified atom stereocenters. The molecule has 0 amide bonds. The summed E-state index contributed by atoms with van der Waals surface area (Å²) in [4.78, 5) is 13.0. The molecule has 0 atom stereocenters. The Bertz CT molecular complexity index is 641. The molecule has 0 spiro atoms. The molecule has 122 valence electrons. The second kappa shape index (κ2) is 9.16. The molecule has 23 heavy (non-hydrogen) atoms. The molecule has 1 aromatic heterocycles. The van der Waals surface area contributed by atoms with Gasteiger partial charge in [-0.1, -0.05) is 25.5 Å². The molecular weight excluding hydrogens is 308 g/mol. The van der Waals surface area contributed by atoms with Gasteiger partial charge in [0.2, 0.25) is 0 Å². The van der Waals surface area contributed by atoms with Crippen LogP contribution in [-0.4, -0.2) is 19.2 Å². The Morgan fingerprint density at radius 2 is 1.96 bits per heavy atom. The molecule has 0 aliphatic heterocycles. The van der Waals surface area contributed by atoms with Gasteiger partial charge in [-0.05, 0) is 49.2 Å². The molecule has 0 aliphatic carbocycles. The highest BCUT2D eigenvalue weighted by atomic mass is 32.1. The van der Waals surface area contributed by atoms with Gasteiger partial charge in [0.1, 0.15) is 12.4 Å². The van der Waals surface area contributed by atoms with Crippen LogP contribution in [0.4, 0.5) is 0 Å². The Balaban J connectivity index is 1.95. The molecular formula is C19H22O3S. The van der Waals surface area contributed by atoms with Crippen molar-refractivity contribution in [2.45, 2.75) is 26.7 Å². The highest BCUT2D eigenvalue weighted by Crippen LogP contribution is 2.29. The molecule has 0 fully saturated rings. The van der Waals surface area contributed by atoms with E-state index in [1.807, 2.05) is 54.8 Å². The SMILES string of the molecule is CCC/C=C/COC(=O)c1csc(-c2ccc(OCC)cc2)c1. The zero-order valence-corrected chi connectivity index (χ0v) is 14.4. The van der Waals surface area contributed by atoms with Crippen molar-refractivity contribution in [2.24, 2.45) is 0 Å². The average Bonchev–Trinajstić information content (AvgIpc) is 3.05. The van der Waals surface area contributed by atoms with Crippen molar-refractivity contribution in [3.05, 3.63) is 53.4 Å². The van der Waals surface area contributed by atoms with E-state index in [1.165, 1.54) is 11.3 Å². The smallest absolute Gasteiger partial charge is 0.339 e. The Hall–Kier alpha value is -2.07. The van der Waals surface area contributed by atoms with Gasteiger partial charge in [-0.3, -0.25) is 0 Å². The first-order chi connectivity index (χ1) is 11.2. The van der Waals surface area contributed by atoms with E-state index < -0.39 is 0 Å². The summed E-state index contributed by atoms with van der Waals surface area (Å²) in [6, 6.07) is 9.75. The molecule has 0 radical (unpaired) electrons. The zero-order valence-electron chi connectivity index (χ0n) is 13.6. The summed E-state index contributed by atoms with van der Waals surface area (Å²) in [6.07, 6.45) is 6.03. The fraction of sp³-hybridized carbons (Fsp3) is 0.316. The molecule has 1 heterocycles. The quantitative estimate of drug-likeness (QED) is 0.485. The van der Waals surface area contributed by atoms with E-state index in [0.29, 0.717) is 18.8 Å². The Morgan fingerprint density at radius 3 is 2.65 bits per heavy atom. The van der Waals surface area contributed by atoms with Crippen LogP contribution in [0.1, 0.15) is 37.0 Å². The van der Waals surface area contributed by atoms with E-state index in [9.17, 15) is 4.79 Å². The van der Waals surface area contributed by atoms with E-state index in [1.54, 1.807) is 0 Å². The van der Waals surface area contributed by atoms with Crippen molar-refractivity contribution >= 4 is 17.3 Å². The average molecular weight is 330 g/mol. The summed E-state index contributed by atoms with van der Waals surface area (Å²) >= 11 is 1.54. The van der Waals surface area contributed by atoms with Crippen LogP contribution in [0.25, 0.3) is 10.4 Å². The molecule has 3 nitrogen and oxygen atoms in total. The number of esters is 1. The maximum absolute atomic E-state index is 12.0. The summed E-state index contributed by atoms with van der Waals surface area (Å²) < 4.78 is 10.7. The van der Waals surface area contributed by atoms with Gasteiger partial charge in [-0.15, -0.1) is 11.3 Å². The van der Waals surface area contributed by atoms with Crippen LogP contribution in [0.15, 0.2) is 47.9 Å². The standard InChI is InChI=1S/C19H22O3S/c1-3-5-6-7-12-22-19(20)16-13-18(23-14-16)15-8-10-17(11-9-15)21-4-2/h6-11,13-14H,3-5,12H2,1-2H3/b7-6+. The number of carbonyl (C=O) groups excluding carboxylic acids is 1. The number of carbonyl (C=O) groups is 1. The minimum atomic E-state index is -0.278. The van der Waals surface area contributed by atoms with Gasteiger partial charge in [0.05, 0.1) is 12.2 Å². The minimum Gasteiger partial charge on any atom is -0.494 e. The van der Waals surface area contributed by atoms with Gasteiger partial charge >= 0.3 is 5.97 Å². The molecule has 2 rings (SSSR count). The van der Waals surface area contributed by atoms with Crippen molar-refractivity contribution in [2.75, 3.05) is 13.2 Å². The number of allylic oxidation sites excluding steroid dienone is 1. The lowest BCUT2D eigenvalue weighted by molar-refractivity contribution is 0.0550. The maximum atomic E-state index is 12.0. The van der Waals surface area contributed by atoms with Gasteiger partial charge in [-0.2, -0.15) is 0 Å². The third-order valence-electron chi connectivity index (χ3n) is 3.22. The van der Waals surface area contributed by atoms with Crippen LogP contribution in [0.5, 0.6) is 5.75 Å². The predicted octanol–water partition coefficient (Wildman–Crippen LogP) is 5.33. The molecule has 0 saturated heterocycles. The van der Waals surface area contributed by atoms with Crippen molar-refractivity contribution < 1.29 is 14.3 Å². The van der Waals surface area contributed by atoms with Crippen molar-refractivity contribution in [1.29, 1.82) is 0 Å². The van der Waals surface area contributed by atoms with Crippen LogP contribution < -0.4 is 4.74 Å². The van der Waals surface area contributed by atoms with Crippen molar-refractivity contribution in [3.8, 4) is 16.2 Å². The number of hydrogen-bond donors (Lipinski definition) is 0. The topological polar surface area (TPSA) is 35.5 Å². The van der Waals surface area contributed by atoms with E-state index >= 15 is 0 Å². The third-order valence-corrected chi connectivity index (χ3v) is 4.20. The summed E-state index contributed by atoms with van der Waals surface area (Å²) in [6.45, 7) is 5.06. The summed E-state index contributed by atoms with van der Waals surface area (Å²) in [5.74, 6) is 0.575. The van der Waals surface area contributed by atoms with E-state index in [4.69, 9.17) is 9.47 Å². The number of benzene rings is 1. The Kier molecular flexibility index (Phi) is 6.88. The first-order valence-corrected chi connectivity index (χ1v) is 8.76. The highest BCUT2D eigenvalue weighted by Gasteiger charge is 2.10. The summed E-state index contributed by atoms with van der Waals surface area (Å²) in [7, 11) is 0. The maximum Gasteiger partial charge on any atom is 0.339 e. The second-order valence-corrected chi connectivity index (χ2v) is 5.93. The van der Waals surface area contributed by atoms with Crippen LogP contribution in [0.2, 0.25) is 0 Å². The molecule has 0 bridgehead atoms. The zero-order chi connectivity index (χ0) is 16.5. The fourth-order valence-corrected chi connectivity index (χ4v) is 2.92. The monoisotopic (exact) mass is 330 g/mol. The molecule has 4 heteroatoms. The molecule has 0 aliphatic rings. The number of rotatable bonds is 8. The number of hydrogen-bond acceptors (Lipinski definition) is 4. The first-order valence-electron chi connectivity index (χ1n) is 7.88. The van der Waals surface area contributed by atoms with Crippen LogP contribution in [0, 0.1) is 0 Å². The van der Waals surface area contributed by atoms with E-state index in [0.717, 1.165) is 29.0 Å². The van der Waals surface area contributed by atoms with Crippen molar-refractivity contribution in [1.82, 2.24) is 0 Å². The van der Waals surface area contributed by atoms with E-state index in [-0.39, 0.29) is 5.97 Å². The van der Waals surface area contributed by atoms with Crippen molar-refractivity contribution in [3.63, 3.8) is 0 Å². The normalized spacial score (nSPS) is 10.9. The lowest BCUT2D eigenvalue weighted by Gasteiger charge is -2.03. The summed E-state index contributed by atoms with van der Waals surface area (Å²) in [5, 5.41) is 1.84. The summed E-state index contributed by atoms with van der Waals surface area (Å²) in [5.41, 5.74) is 1.67. The molecule has 1 aromatic carbocycles. The van der Waals surface area contributed by atoms with Gasteiger partial charge in [0, 0.05) is 10.3 Å². The van der Waals surface area contributed by atoms with Gasteiger partial charge in [0.15, 0.2) is 0 Å². The number of thiophene rings is 1. The van der Waals surface area contributed by atoms with Crippen LogP contribution in [-0.2, 0) is 4.74 Å². The first kappa shape index (κ1) is 17.3. The molecule has 0 saturated carbocycles. The number of ether oxygens (including phenoxy) is 2. The van der Waals surface area contributed by atoms with Gasteiger partial charge in [-0.25, -0.2) is 4.79 Å². The number of unbranched alkanes of at least 4 members (excludes halogenated alkanes) is 1. The lowest BCUT2D eigenvalue weighted by atomic mass is 10.1. The van der Waals surface area contributed by atoms with Gasteiger partial charge in [0.25, 0.3) is 0 Å². The highest BCUT2D eigenvalue weighted by molar-refractivity contribution is 7.13. The van der Waals surface area contributed by atoms with E-state index in [2.05, 4.69) is 6.92 Å². The predicted molar refractivity (Wildman–Crippen MR) is 95.3 cm³/mol. The molecule has 2 aromatic rings. The minimum absolute atomic E-state index is 0.278. The fourth-order valence-electron chi connectivity index (χ4n) is 2.04. The van der Waals surface area contributed by atoms with Crippen LogP contribution >= 0.6 is 11.3 Å².